The number of hydrogen-bond donors (Lipinski definition) is 0. The lowest BCUT2D eigenvalue weighted by Gasteiger charge is -2.28. The lowest BCUT2D eigenvalue weighted by atomic mass is 9.88. The fourth-order valence-electron chi connectivity index (χ4n) is 2.50. The highest BCUT2D eigenvalue weighted by Gasteiger charge is 2.29. The maximum atomic E-state index is 12.0. The van der Waals surface area contributed by atoms with Gasteiger partial charge in [0.25, 0.3) is 0 Å². The minimum Gasteiger partial charge on any atom is -0.342 e. The first-order valence-corrected chi connectivity index (χ1v) is 6.95. The third-order valence-electron chi connectivity index (χ3n) is 3.42. The molecule has 0 spiro atoms. The minimum absolute atomic E-state index is 0.360. The van der Waals surface area contributed by atoms with Crippen LogP contribution in [0, 0.1) is 5.92 Å². The van der Waals surface area contributed by atoms with E-state index in [0.29, 0.717) is 11.8 Å². The van der Waals surface area contributed by atoms with Crippen molar-refractivity contribution in [3.05, 3.63) is 0 Å². The lowest BCUT2D eigenvalue weighted by Crippen LogP contribution is -2.35. The Balaban J connectivity index is 1.85. The smallest absolute Gasteiger partial charge is 0.225 e. The zero-order chi connectivity index (χ0) is 9.97. The summed E-state index contributed by atoms with van der Waals surface area (Å²) in [5, 5.41) is 0. The molecule has 1 amide bonds. The average Bonchev–Trinajstić information content (AvgIpc) is 2.71. The molecule has 0 radical (unpaired) electrons. The first kappa shape index (κ1) is 10.7. The van der Waals surface area contributed by atoms with Gasteiger partial charge in [-0.1, -0.05) is 22.6 Å². The summed E-state index contributed by atoms with van der Waals surface area (Å²) in [7, 11) is 0. The Morgan fingerprint density at radius 1 is 1.07 bits per heavy atom. The van der Waals surface area contributed by atoms with Crippen LogP contribution in [0.3, 0.4) is 0 Å². The van der Waals surface area contributed by atoms with E-state index in [1.165, 1.54) is 25.7 Å². The van der Waals surface area contributed by atoms with Crippen molar-refractivity contribution >= 4 is 28.5 Å². The van der Waals surface area contributed by atoms with Crippen LogP contribution in [0.15, 0.2) is 0 Å². The molecule has 0 bridgehead atoms. The Hall–Kier alpha value is 0.200. The van der Waals surface area contributed by atoms with Crippen molar-refractivity contribution in [1.29, 1.82) is 0 Å². The second-order valence-electron chi connectivity index (χ2n) is 4.48. The molecule has 3 heteroatoms. The highest BCUT2D eigenvalue weighted by atomic mass is 127. The van der Waals surface area contributed by atoms with E-state index in [1.807, 2.05) is 0 Å². The fourth-order valence-corrected chi connectivity index (χ4v) is 3.21. The summed E-state index contributed by atoms with van der Waals surface area (Å²) in [4.78, 5) is 14.1. The van der Waals surface area contributed by atoms with Gasteiger partial charge in [-0.3, -0.25) is 4.79 Å². The molecule has 14 heavy (non-hydrogen) atoms. The Bertz CT molecular complexity index is 205. The van der Waals surface area contributed by atoms with Crippen molar-refractivity contribution in [2.75, 3.05) is 13.1 Å². The normalized spacial score (nSPS) is 33.4. The van der Waals surface area contributed by atoms with E-state index < -0.39 is 0 Å². The van der Waals surface area contributed by atoms with Crippen LogP contribution >= 0.6 is 22.6 Å². The number of halogens is 1. The van der Waals surface area contributed by atoms with Crippen LogP contribution in [-0.2, 0) is 4.79 Å². The van der Waals surface area contributed by atoms with Crippen LogP contribution in [0.1, 0.15) is 38.5 Å². The maximum Gasteiger partial charge on any atom is 0.225 e. The molecule has 1 saturated heterocycles. The molecule has 1 heterocycles. The van der Waals surface area contributed by atoms with Gasteiger partial charge in [0.1, 0.15) is 0 Å². The predicted molar refractivity (Wildman–Crippen MR) is 65.6 cm³/mol. The standard InChI is InChI=1S/C11H18INO/c12-10-5-3-9(4-6-10)11(14)13-7-1-2-8-13/h9-10H,1-8H2. The van der Waals surface area contributed by atoms with Crippen molar-refractivity contribution < 1.29 is 4.79 Å². The van der Waals surface area contributed by atoms with E-state index in [1.54, 1.807) is 0 Å². The number of alkyl halides is 1. The summed E-state index contributed by atoms with van der Waals surface area (Å²) in [5.41, 5.74) is 0. The number of nitrogens with zero attached hydrogens (tertiary/aromatic N) is 1. The summed E-state index contributed by atoms with van der Waals surface area (Å²) in [6.45, 7) is 2.03. The minimum atomic E-state index is 0.360. The highest BCUT2D eigenvalue weighted by molar-refractivity contribution is 14.1. The molecule has 2 nitrogen and oxygen atoms in total. The van der Waals surface area contributed by atoms with Gasteiger partial charge in [-0.2, -0.15) is 0 Å². The van der Waals surface area contributed by atoms with E-state index in [-0.39, 0.29) is 0 Å². The zero-order valence-corrected chi connectivity index (χ0v) is 10.7. The van der Waals surface area contributed by atoms with E-state index in [4.69, 9.17) is 0 Å². The Morgan fingerprint density at radius 2 is 1.64 bits per heavy atom. The van der Waals surface area contributed by atoms with Crippen molar-refractivity contribution in [3.63, 3.8) is 0 Å². The first-order valence-electron chi connectivity index (χ1n) is 5.70. The molecule has 0 aromatic heterocycles. The lowest BCUT2D eigenvalue weighted by molar-refractivity contribution is -0.135. The number of rotatable bonds is 1. The quantitative estimate of drug-likeness (QED) is 0.539. The third-order valence-corrected chi connectivity index (χ3v) is 4.67. The molecule has 0 aromatic carbocycles. The van der Waals surface area contributed by atoms with E-state index in [9.17, 15) is 4.79 Å². The SMILES string of the molecule is O=C(C1CCC(I)CC1)N1CCCC1. The van der Waals surface area contributed by atoms with E-state index in [2.05, 4.69) is 27.5 Å². The number of amides is 1. The summed E-state index contributed by atoms with van der Waals surface area (Å²) in [6, 6.07) is 0. The molecule has 1 saturated carbocycles. The van der Waals surface area contributed by atoms with Gasteiger partial charge in [-0.25, -0.2) is 0 Å². The molecular weight excluding hydrogens is 289 g/mol. The Morgan fingerprint density at radius 3 is 2.21 bits per heavy atom. The second kappa shape index (κ2) is 4.81. The van der Waals surface area contributed by atoms with Gasteiger partial charge in [-0.05, 0) is 38.5 Å². The van der Waals surface area contributed by atoms with Crippen molar-refractivity contribution in [3.8, 4) is 0 Å². The molecule has 1 aliphatic heterocycles. The van der Waals surface area contributed by atoms with Gasteiger partial charge in [0.05, 0.1) is 0 Å². The van der Waals surface area contributed by atoms with Crippen LogP contribution in [-0.4, -0.2) is 27.8 Å². The van der Waals surface area contributed by atoms with Gasteiger partial charge in [0.15, 0.2) is 0 Å². The first-order chi connectivity index (χ1) is 6.77. The molecule has 2 rings (SSSR count). The molecule has 80 valence electrons. The fraction of sp³-hybridized carbons (Fsp3) is 0.909. The van der Waals surface area contributed by atoms with Gasteiger partial charge >= 0.3 is 0 Å². The molecule has 2 aliphatic rings. The van der Waals surface area contributed by atoms with E-state index in [0.717, 1.165) is 29.9 Å². The second-order valence-corrected chi connectivity index (χ2v) is 6.24. The average molecular weight is 307 g/mol. The van der Waals surface area contributed by atoms with Crippen LogP contribution in [0.2, 0.25) is 0 Å². The summed E-state index contributed by atoms with van der Waals surface area (Å²) >= 11 is 2.51. The van der Waals surface area contributed by atoms with Crippen LogP contribution in [0.25, 0.3) is 0 Å². The van der Waals surface area contributed by atoms with Crippen LogP contribution in [0.4, 0.5) is 0 Å². The predicted octanol–water partition coefficient (Wildman–Crippen LogP) is 2.60. The molecule has 0 atom stereocenters. The maximum absolute atomic E-state index is 12.0. The number of carbonyl (C=O) groups is 1. The monoisotopic (exact) mass is 307 g/mol. The largest absolute Gasteiger partial charge is 0.342 e. The van der Waals surface area contributed by atoms with Crippen molar-refractivity contribution in [1.82, 2.24) is 4.90 Å². The van der Waals surface area contributed by atoms with Gasteiger partial charge in [0.2, 0.25) is 5.91 Å². The molecule has 0 unspecified atom stereocenters. The van der Waals surface area contributed by atoms with Crippen LogP contribution < -0.4 is 0 Å². The summed E-state index contributed by atoms with van der Waals surface area (Å²) in [6.07, 6.45) is 7.17. The van der Waals surface area contributed by atoms with Gasteiger partial charge < -0.3 is 4.90 Å². The molecule has 0 N–H and O–H groups in total. The van der Waals surface area contributed by atoms with Crippen LogP contribution in [0.5, 0.6) is 0 Å². The number of likely N-dealkylation sites (tertiary alicyclic amines) is 1. The van der Waals surface area contributed by atoms with Gasteiger partial charge in [-0.15, -0.1) is 0 Å². The van der Waals surface area contributed by atoms with Crippen molar-refractivity contribution in [2.24, 2.45) is 5.92 Å². The van der Waals surface area contributed by atoms with Crippen molar-refractivity contribution in [2.45, 2.75) is 42.4 Å². The zero-order valence-electron chi connectivity index (χ0n) is 8.54. The third kappa shape index (κ3) is 2.41. The van der Waals surface area contributed by atoms with E-state index >= 15 is 0 Å². The summed E-state index contributed by atoms with van der Waals surface area (Å²) < 4.78 is 0.815. The number of carbonyl (C=O) groups excluding carboxylic acids is 1. The molecular formula is C11H18INO. The Kier molecular flexibility index (Phi) is 3.68. The molecule has 2 fully saturated rings. The molecule has 0 aromatic rings. The topological polar surface area (TPSA) is 20.3 Å². The number of hydrogen-bond acceptors (Lipinski definition) is 1. The van der Waals surface area contributed by atoms with Gasteiger partial charge in [0, 0.05) is 22.9 Å². The summed E-state index contributed by atoms with van der Waals surface area (Å²) in [5.74, 6) is 0.810. The highest BCUT2D eigenvalue weighted by Crippen LogP contribution is 2.30. The Labute approximate surface area is 99.6 Å². The molecule has 1 aliphatic carbocycles.